The minimum atomic E-state index is -4.28. The fourth-order valence-corrected chi connectivity index (χ4v) is 1.54. The van der Waals surface area contributed by atoms with Crippen LogP contribution in [0.2, 0.25) is 0 Å². The van der Waals surface area contributed by atoms with E-state index in [1.165, 1.54) is 12.1 Å². The van der Waals surface area contributed by atoms with Crippen molar-refractivity contribution < 1.29 is 47.6 Å². The van der Waals surface area contributed by atoms with Gasteiger partial charge in [-0.2, -0.15) is 0 Å². The molecule has 1 N–H and O–H groups in total. The van der Waals surface area contributed by atoms with Gasteiger partial charge in [0.05, 0.1) is 4.90 Å². The minimum Gasteiger partial charge on any atom is -0.744 e. The first-order valence-corrected chi connectivity index (χ1v) is 5.46. The normalized spacial score (nSPS) is 9.60. The van der Waals surface area contributed by atoms with Gasteiger partial charge in [-0.1, -0.05) is 18.2 Å². The minimum absolute atomic E-state index is 0. The monoisotopic (exact) mass is 240 g/mol. The molecule has 0 amide bonds. The Balaban J connectivity index is 0. The topological polar surface area (TPSA) is 77.4 Å². The standard InChI is InChI=1S/C7H8O3S.C2H6O.Na/c1-6-4-2-3-5-7(6)11(8,9)10;1-2-3;/h2-5H,1H3,(H,8,9,10);3H,2H2,1H3;/q;;+1/p-1. The second-order valence-electron chi connectivity index (χ2n) is 2.54. The predicted molar refractivity (Wildman–Crippen MR) is 51.9 cm³/mol. The van der Waals surface area contributed by atoms with Gasteiger partial charge in [0.15, 0.2) is 0 Å². The molecule has 1 rings (SSSR count). The Morgan fingerprint density at radius 2 is 1.73 bits per heavy atom. The van der Waals surface area contributed by atoms with Crippen LogP contribution in [-0.2, 0) is 10.1 Å². The van der Waals surface area contributed by atoms with E-state index >= 15 is 0 Å². The molecule has 0 spiro atoms. The van der Waals surface area contributed by atoms with Gasteiger partial charge in [0.2, 0.25) is 0 Å². The average molecular weight is 240 g/mol. The Hall–Kier alpha value is 0.0900. The maximum absolute atomic E-state index is 10.5. The summed E-state index contributed by atoms with van der Waals surface area (Å²) in [6, 6.07) is 6.10. The van der Waals surface area contributed by atoms with Gasteiger partial charge in [0.1, 0.15) is 10.1 Å². The Kier molecular flexibility index (Phi) is 9.63. The second-order valence-corrected chi connectivity index (χ2v) is 3.88. The molecule has 0 aliphatic rings. The van der Waals surface area contributed by atoms with Crippen molar-refractivity contribution in [2.75, 3.05) is 6.61 Å². The Bertz CT molecular complexity index is 375. The summed E-state index contributed by atoms with van der Waals surface area (Å²) in [5.74, 6) is 0. The number of hydrogen-bond donors (Lipinski definition) is 1. The first-order valence-electron chi connectivity index (χ1n) is 4.05. The van der Waals surface area contributed by atoms with Crippen molar-refractivity contribution in [1.29, 1.82) is 0 Å². The third-order valence-electron chi connectivity index (χ3n) is 1.36. The molecule has 0 radical (unpaired) electrons. The van der Waals surface area contributed by atoms with Crippen LogP contribution in [0.1, 0.15) is 12.5 Å². The molecule has 0 fully saturated rings. The van der Waals surface area contributed by atoms with Gasteiger partial charge in [0, 0.05) is 6.61 Å². The zero-order valence-electron chi connectivity index (χ0n) is 9.10. The van der Waals surface area contributed by atoms with Gasteiger partial charge in [-0.25, -0.2) is 8.42 Å². The van der Waals surface area contributed by atoms with Crippen molar-refractivity contribution in [3.05, 3.63) is 29.8 Å². The third kappa shape index (κ3) is 7.05. The summed E-state index contributed by atoms with van der Waals surface area (Å²) in [4.78, 5) is -0.139. The fraction of sp³-hybridized carbons (Fsp3) is 0.333. The summed E-state index contributed by atoms with van der Waals surface area (Å²) in [5.41, 5.74) is 0.488. The average Bonchev–Trinajstić information content (AvgIpc) is 2.04. The van der Waals surface area contributed by atoms with E-state index in [2.05, 4.69) is 0 Å². The van der Waals surface area contributed by atoms with Crippen LogP contribution < -0.4 is 29.6 Å². The Morgan fingerprint density at radius 1 is 1.33 bits per heavy atom. The van der Waals surface area contributed by atoms with Gasteiger partial charge >= 0.3 is 29.6 Å². The number of rotatable bonds is 1. The zero-order chi connectivity index (χ0) is 11.2. The maximum Gasteiger partial charge on any atom is 1.00 e. The summed E-state index contributed by atoms with van der Waals surface area (Å²) >= 11 is 0. The molecule has 80 valence electrons. The van der Waals surface area contributed by atoms with Crippen LogP contribution >= 0.6 is 0 Å². The number of aliphatic hydroxyl groups excluding tert-OH is 1. The summed E-state index contributed by atoms with van der Waals surface area (Å²) in [6.07, 6.45) is 0. The van der Waals surface area contributed by atoms with E-state index in [-0.39, 0.29) is 41.1 Å². The molecular weight excluding hydrogens is 227 g/mol. The predicted octanol–water partition coefficient (Wildman–Crippen LogP) is -2.10. The number of aryl methyl sites for hydroxylation is 1. The molecule has 0 aromatic heterocycles. The van der Waals surface area contributed by atoms with E-state index in [1.807, 2.05) is 0 Å². The largest absolute Gasteiger partial charge is 1.00 e. The molecule has 15 heavy (non-hydrogen) atoms. The SMILES string of the molecule is CCO.Cc1ccccc1S(=O)(=O)[O-].[Na+]. The second kappa shape index (κ2) is 8.27. The number of aliphatic hydroxyl groups is 1. The molecule has 0 saturated carbocycles. The van der Waals surface area contributed by atoms with Crippen LogP contribution in [-0.4, -0.2) is 24.7 Å². The van der Waals surface area contributed by atoms with E-state index in [1.54, 1.807) is 26.0 Å². The fourth-order valence-electron chi connectivity index (χ4n) is 0.837. The molecule has 0 atom stereocenters. The van der Waals surface area contributed by atoms with Gasteiger partial charge in [-0.15, -0.1) is 0 Å². The Labute approximate surface area is 112 Å². The first kappa shape index (κ1) is 17.5. The van der Waals surface area contributed by atoms with Crippen LogP contribution in [0.4, 0.5) is 0 Å². The van der Waals surface area contributed by atoms with Gasteiger partial charge in [0.25, 0.3) is 0 Å². The molecule has 0 bridgehead atoms. The Morgan fingerprint density at radius 3 is 2.00 bits per heavy atom. The summed E-state index contributed by atoms with van der Waals surface area (Å²) < 4.78 is 31.5. The molecule has 0 aliphatic carbocycles. The van der Waals surface area contributed by atoms with Crippen molar-refractivity contribution in [3.8, 4) is 0 Å². The van der Waals surface area contributed by atoms with E-state index in [4.69, 9.17) is 5.11 Å². The van der Waals surface area contributed by atoms with Crippen molar-refractivity contribution in [2.24, 2.45) is 0 Å². The molecular formula is C9H13NaO4S. The molecule has 6 heteroatoms. The van der Waals surface area contributed by atoms with E-state index in [0.717, 1.165) is 0 Å². The van der Waals surface area contributed by atoms with Gasteiger partial charge in [-0.05, 0) is 25.5 Å². The molecule has 1 aromatic rings. The zero-order valence-corrected chi connectivity index (χ0v) is 11.9. The maximum atomic E-state index is 10.5. The van der Waals surface area contributed by atoms with E-state index in [9.17, 15) is 13.0 Å². The first-order chi connectivity index (χ1) is 6.43. The molecule has 1 aromatic carbocycles. The summed E-state index contributed by atoms with van der Waals surface area (Å²) in [5, 5.41) is 7.57. The van der Waals surface area contributed by atoms with Crippen LogP contribution in [0, 0.1) is 6.92 Å². The summed E-state index contributed by atoms with van der Waals surface area (Å²) in [6.45, 7) is 3.52. The number of benzene rings is 1. The van der Waals surface area contributed by atoms with Crippen molar-refractivity contribution in [3.63, 3.8) is 0 Å². The quantitative estimate of drug-likeness (QED) is 0.450. The van der Waals surface area contributed by atoms with Crippen LogP contribution in [0.3, 0.4) is 0 Å². The molecule has 0 heterocycles. The van der Waals surface area contributed by atoms with Gasteiger partial charge in [-0.3, -0.25) is 0 Å². The van der Waals surface area contributed by atoms with E-state index < -0.39 is 10.1 Å². The molecule has 0 aliphatic heterocycles. The van der Waals surface area contributed by atoms with Crippen molar-refractivity contribution in [2.45, 2.75) is 18.7 Å². The van der Waals surface area contributed by atoms with E-state index in [0.29, 0.717) is 5.56 Å². The molecule has 0 saturated heterocycles. The van der Waals surface area contributed by atoms with Crippen molar-refractivity contribution >= 4 is 10.1 Å². The van der Waals surface area contributed by atoms with Gasteiger partial charge < -0.3 is 9.66 Å². The molecule has 4 nitrogen and oxygen atoms in total. The van der Waals surface area contributed by atoms with Crippen LogP contribution in [0.25, 0.3) is 0 Å². The third-order valence-corrected chi connectivity index (χ3v) is 2.36. The van der Waals surface area contributed by atoms with Crippen LogP contribution in [0.5, 0.6) is 0 Å². The van der Waals surface area contributed by atoms with Crippen LogP contribution in [0.15, 0.2) is 29.2 Å². The number of hydrogen-bond acceptors (Lipinski definition) is 4. The van der Waals surface area contributed by atoms with Crippen molar-refractivity contribution in [1.82, 2.24) is 0 Å². The summed E-state index contributed by atoms with van der Waals surface area (Å²) in [7, 11) is -4.28. The molecule has 0 unspecified atom stereocenters. The smallest absolute Gasteiger partial charge is 0.744 e.